The van der Waals surface area contributed by atoms with Crippen molar-refractivity contribution in [2.75, 3.05) is 17.3 Å². The number of phenolic OH excluding ortho intramolecular Hbond substituents is 1. The molecule has 1 N–H and O–H groups in total. The fourth-order valence-corrected chi connectivity index (χ4v) is 6.63. The number of hydrogen-bond donors (Lipinski definition) is 1. The first-order valence-electron chi connectivity index (χ1n) is 12.2. The first kappa shape index (κ1) is 27.6. The second kappa shape index (κ2) is 12.5. The Kier molecular flexibility index (Phi) is 8.63. The molecular formula is C27H24N6O4S3. The number of nitrogens with zero attached hydrogens (tertiary/aromatic N) is 6. The number of hydrogen-bond acceptors (Lipinski definition) is 11. The molecule has 0 bridgehead atoms. The van der Waals surface area contributed by atoms with E-state index in [4.69, 9.17) is 14.8 Å². The van der Waals surface area contributed by atoms with Crippen LogP contribution in [0.25, 0.3) is 16.2 Å². The minimum absolute atomic E-state index is 0.0815. The molecule has 4 aromatic rings. The molecule has 5 rings (SSSR count). The highest BCUT2D eigenvalue weighted by molar-refractivity contribution is 8.16. The molecule has 3 heterocycles. The highest BCUT2D eigenvalue weighted by Crippen LogP contribution is 2.35. The largest absolute Gasteiger partial charge is 0.508 e. The van der Waals surface area contributed by atoms with Gasteiger partial charge in [0.05, 0.1) is 23.8 Å². The van der Waals surface area contributed by atoms with Crippen LogP contribution in [0.5, 0.6) is 5.75 Å². The summed E-state index contributed by atoms with van der Waals surface area (Å²) in [6.45, 7) is 5.21. The Hall–Kier alpha value is -3.94. The van der Waals surface area contributed by atoms with Gasteiger partial charge in [0.25, 0.3) is 0 Å². The molecule has 1 atom stereocenters. The summed E-state index contributed by atoms with van der Waals surface area (Å²) in [5.41, 5.74) is 2.83. The van der Waals surface area contributed by atoms with Gasteiger partial charge in [-0.3, -0.25) is 14.5 Å². The molecule has 0 radical (unpaired) electrons. The summed E-state index contributed by atoms with van der Waals surface area (Å²) in [5, 5.41) is 23.1. The van der Waals surface area contributed by atoms with E-state index in [1.165, 1.54) is 47.1 Å². The van der Waals surface area contributed by atoms with Gasteiger partial charge in [-0.15, -0.1) is 16.8 Å². The van der Waals surface area contributed by atoms with Gasteiger partial charge < -0.3 is 9.84 Å². The van der Waals surface area contributed by atoms with E-state index in [1.807, 2.05) is 36.4 Å². The number of aromatic hydroxyl groups is 1. The van der Waals surface area contributed by atoms with Gasteiger partial charge in [0.1, 0.15) is 17.1 Å². The lowest BCUT2D eigenvalue weighted by Crippen LogP contribution is -2.32. The molecule has 0 saturated carbocycles. The number of fused-ring (bicyclic) bond motifs is 1. The van der Waals surface area contributed by atoms with Crippen molar-refractivity contribution in [2.45, 2.75) is 22.9 Å². The zero-order valence-electron chi connectivity index (χ0n) is 21.3. The van der Waals surface area contributed by atoms with Crippen molar-refractivity contribution in [3.05, 3.63) is 72.9 Å². The summed E-state index contributed by atoms with van der Waals surface area (Å²) in [5.74, 6) is 0.199. The van der Waals surface area contributed by atoms with Gasteiger partial charge in [-0.2, -0.15) is 5.10 Å². The molecule has 0 aliphatic carbocycles. The molecule has 40 heavy (non-hydrogen) atoms. The van der Waals surface area contributed by atoms with E-state index in [0.717, 1.165) is 20.6 Å². The van der Waals surface area contributed by atoms with Crippen molar-refractivity contribution >= 4 is 68.8 Å². The third kappa shape index (κ3) is 6.11. The van der Waals surface area contributed by atoms with Crippen LogP contribution in [0.2, 0.25) is 0 Å². The topological polar surface area (TPSA) is 122 Å². The minimum atomic E-state index is -0.508. The number of imidazole rings is 1. The van der Waals surface area contributed by atoms with E-state index in [-0.39, 0.29) is 18.3 Å². The normalized spacial score (nSPS) is 16.4. The van der Waals surface area contributed by atoms with E-state index in [2.05, 4.69) is 16.8 Å². The first-order chi connectivity index (χ1) is 19.4. The lowest BCUT2D eigenvalue weighted by molar-refractivity contribution is -0.141. The number of ether oxygens (including phenoxy) is 1. The molecule has 1 fully saturated rings. The van der Waals surface area contributed by atoms with Crippen molar-refractivity contribution in [3.63, 3.8) is 0 Å². The summed E-state index contributed by atoms with van der Waals surface area (Å²) >= 11 is 4.29. The monoisotopic (exact) mass is 592 g/mol. The third-order valence-corrected chi connectivity index (χ3v) is 8.88. The van der Waals surface area contributed by atoms with Gasteiger partial charge in [-0.05, 0) is 24.3 Å². The van der Waals surface area contributed by atoms with E-state index >= 15 is 0 Å². The molecule has 0 spiro atoms. The summed E-state index contributed by atoms with van der Waals surface area (Å²) in [7, 11) is 0. The number of anilines is 1. The van der Waals surface area contributed by atoms with Crippen molar-refractivity contribution < 1.29 is 19.4 Å². The highest BCUT2D eigenvalue weighted by atomic mass is 32.2. The minimum Gasteiger partial charge on any atom is -0.508 e. The Labute approximate surface area is 242 Å². The maximum atomic E-state index is 13.3. The van der Waals surface area contributed by atoms with Gasteiger partial charge in [0, 0.05) is 24.7 Å². The maximum Gasteiger partial charge on any atom is 0.302 e. The number of carbonyl (C=O) groups excluding carboxylic acids is 2. The summed E-state index contributed by atoms with van der Waals surface area (Å²) in [6.07, 6.45) is 3.73. The molecule has 13 heteroatoms. The van der Waals surface area contributed by atoms with Gasteiger partial charge in [-0.25, -0.2) is 9.50 Å². The Morgan fingerprint density at radius 3 is 2.73 bits per heavy atom. The number of rotatable bonds is 10. The maximum absolute atomic E-state index is 13.3. The molecule has 1 aliphatic heterocycles. The van der Waals surface area contributed by atoms with Crippen LogP contribution < -0.4 is 4.90 Å². The van der Waals surface area contributed by atoms with E-state index in [9.17, 15) is 14.7 Å². The Bertz CT molecular complexity index is 1600. The molecular weight excluding hydrogens is 569 g/mol. The van der Waals surface area contributed by atoms with Crippen molar-refractivity contribution in [2.24, 2.45) is 10.2 Å². The zero-order chi connectivity index (χ0) is 28.1. The van der Waals surface area contributed by atoms with Gasteiger partial charge in [0.15, 0.2) is 9.51 Å². The fraction of sp³-hybridized carbons (Fsp3) is 0.185. The second-order valence-electron chi connectivity index (χ2n) is 8.43. The Morgan fingerprint density at radius 2 is 2.00 bits per heavy atom. The number of carbonyl (C=O) groups is 2. The van der Waals surface area contributed by atoms with Crippen LogP contribution in [0.1, 0.15) is 19.0 Å². The highest BCUT2D eigenvalue weighted by Gasteiger charge is 2.39. The number of aromatic nitrogens is 3. The number of phenols is 1. The molecule has 1 aliphatic rings. The Balaban J connectivity index is 1.49. The van der Waals surface area contributed by atoms with Gasteiger partial charge >= 0.3 is 5.97 Å². The van der Waals surface area contributed by atoms with Gasteiger partial charge in [0.2, 0.25) is 10.9 Å². The number of amidine groups is 1. The molecule has 2 aromatic heterocycles. The Morgan fingerprint density at radius 1 is 1.23 bits per heavy atom. The van der Waals surface area contributed by atoms with Gasteiger partial charge in [-0.1, -0.05) is 71.3 Å². The molecule has 10 nitrogen and oxygen atoms in total. The van der Waals surface area contributed by atoms with Crippen LogP contribution >= 0.6 is 34.9 Å². The molecule has 1 amide bonds. The number of benzene rings is 2. The predicted molar refractivity (Wildman–Crippen MR) is 160 cm³/mol. The lowest BCUT2D eigenvalue weighted by Gasteiger charge is -2.15. The smallest absolute Gasteiger partial charge is 0.302 e. The quantitative estimate of drug-likeness (QED) is 0.0873. The third-order valence-electron chi connectivity index (χ3n) is 5.64. The van der Waals surface area contributed by atoms with Crippen molar-refractivity contribution in [1.82, 2.24) is 14.6 Å². The first-order valence-corrected chi connectivity index (χ1v) is 14.9. The zero-order valence-corrected chi connectivity index (χ0v) is 23.8. The van der Waals surface area contributed by atoms with E-state index in [0.29, 0.717) is 28.7 Å². The summed E-state index contributed by atoms with van der Waals surface area (Å²) in [6, 6.07) is 16.0. The second-order valence-corrected chi connectivity index (χ2v) is 11.8. The molecule has 204 valence electrons. The van der Waals surface area contributed by atoms with Crippen molar-refractivity contribution in [1.29, 1.82) is 0 Å². The van der Waals surface area contributed by atoms with Crippen LogP contribution in [0.4, 0.5) is 5.69 Å². The predicted octanol–water partition coefficient (Wildman–Crippen LogP) is 5.23. The number of esters is 1. The van der Waals surface area contributed by atoms with E-state index < -0.39 is 11.2 Å². The lowest BCUT2D eigenvalue weighted by atomic mass is 10.1. The van der Waals surface area contributed by atoms with Crippen LogP contribution in [0, 0.1) is 0 Å². The number of amides is 1. The molecule has 1 saturated heterocycles. The van der Waals surface area contributed by atoms with Crippen LogP contribution in [0.3, 0.4) is 0 Å². The average Bonchev–Trinajstić information content (AvgIpc) is 3.60. The summed E-state index contributed by atoms with van der Waals surface area (Å²) in [4.78, 5) is 31.5. The summed E-state index contributed by atoms with van der Waals surface area (Å²) < 4.78 is 7.65. The molecule has 1 unspecified atom stereocenters. The fourth-order valence-electron chi connectivity index (χ4n) is 3.86. The SMILES string of the molecule is C=CCSc1nn2c(/C=N/N=C3\SC(CCOC(C)=O)C(=O)N3c3ccc(O)cc3)c(-c3ccccc3)nc2s1. The van der Waals surface area contributed by atoms with Crippen LogP contribution in [-0.2, 0) is 14.3 Å². The van der Waals surface area contributed by atoms with Crippen molar-refractivity contribution in [3.8, 4) is 17.0 Å². The van der Waals surface area contributed by atoms with Crippen LogP contribution in [-0.4, -0.2) is 60.6 Å². The number of thioether (sulfide) groups is 2. The van der Waals surface area contributed by atoms with Crippen LogP contribution in [0.15, 0.2) is 81.8 Å². The molecule has 2 aromatic carbocycles. The average molecular weight is 593 g/mol. The standard InChI is InChI=1S/C27H24N6O4S3/c1-3-15-38-27-31-33-21(23(29-25(33)40-27)18-7-5-4-6-8-18)16-28-30-26-32(19-9-11-20(35)12-10-19)24(36)22(39-26)13-14-37-17(2)34/h3-12,16,22,35H,1,13-15H2,2H3/b28-16+,30-26-. The van der Waals surface area contributed by atoms with E-state index in [1.54, 1.807) is 34.6 Å².